The third kappa shape index (κ3) is 3.20. The first kappa shape index (κ1) is 18.9. The summed E-state index contributed by atoms with van der Waals surface area (Å²) < 4.78 is 21.8. The second-order valence-electron chi connectivity index (χ2n) is 6.74. The molecule has 3 aromatic rings. The van der Waals surface area contributed by atoms with Crippen molar-refractivity contribution in [2.45, 2.75) is 13.0 Å². The average molecular weight is 396 g/mol. The molecule has 2 heterocycles. The Bertz CT molecular complexity index is 1070. The van der Waals surface area contributed by atoms with Crippen LogP contribution in [0.2, 0.25) is 0 Å². The zero-order valence-electron chi connectivity index (χ0n) is 17.0. The third-order valence-corrected chi connectivity index (χ3v) is 5.24. The second-order valence-corrected chi connectivity index (χ2v) is 6.74. The lowest BCUT2D eigenvalue weighted by molar-refractivity contribution is 0.350. The van der Waals surface area contributed by atoms with Gasteiger partial charge in [0.15, 0.2) is 23.0 Å². The molecule has 0 amide bonds. The molecule has 0 atom stereocenters. The molecule has 1 aliphatic rings. The van der Waals surface area contributed by atoms with E-state index in [0.29, 0.717) is 35.3 Å². The lowest BCUT2D eigenvalue weighted by Crippen LogP contribution is -2.32. The van der Waals surface area contributed by atoms with E-state index in [0.717, 1.165) is 41.0 Å². The Morgan fingerprint density at radius 1 is 0.897 bits per heavy atom. The van der Waals surface area contributed by atoms with E-state index in [1.54, 1.807) is 34.5 Å². The number of ether oxygens (including phenoxy) is 4. The summed E-state index contributed by atoms with van der Waals surface area (Å²) in [7, 11) is 6.50. The van der Waals surface area contributed by atoms with Crippen LogP contribution in [0.4, 0.5) is 11.8 Å². The first-order valence-electron chi connectivity index (χ1n) is 9.26. The minimum atomic E-state index is 0.407. The van der Waals surface area contributed by atoms with Crippen molar-refractivity contribution in [1.29, 1.82) is 0 Å². The smallest absolute Gasteiger partial charge is 0.228 e. The Hall–Kier alpha value is -3.42. The number of methoxy groups -OCH3 is 4. The van der Waals surface area contributed by atoms with Crippen molar-refractivity contribution in [3.8, 4) is 23.0 Å². The molecular formula is C21H24N4O4. The molecule has 8 heteroatoms. The van der Waals surface area contributed by atoms with Gasteiger partial charge in [0.2, 0.25) is 5.95 Å². The van der Waals surface area contributed by atoms with Gasteiger partial charge in [0.25, 0.3) is 0 Å². The van der Waals surface area contributed by atoms with E-state index in [2.05, 4.69) is 16.0 Å². The molecule has 2 N–H and O–H groups in total. The molecule has 0 spiro atoms. The third-order valence-electron chi connectivity index (χ3n) is 5.24. The largest absolute Gasteiger partial charge is 0.493 e. The van der Waals surface area contributed by atoms with Gasteiger partial charge in [-0.25, -0.2) is 4.98 Å². The number of anilines is 2. The number of hydrogen-bond donors (Lipinski definition) is 1. The number of nitrogens with zero attached hydrogens (tertiary/aromatic N) is 3. The average Bonchev–Trinajstić information content (AvgIpc) is 2.76. The SMILES string of the molecule is COc1cc2nc(N3CCc4c(ccc(OC)c4OC)C3)nc(N)c2cc1OC. The highest BCUT2D eigenvalue weighted by Gasteiger charge is 2.24. The molecule has 8 nitrogen and oxygen atoms in total. The topological polar surface area (TPSA) is 92.0 Å². The van der Waals surface area contributed by atoms with Gasteiger partial charge in [0.1, 0.15) is 5.82 Å². The molecule has 0 aliphatic carbocycles. The highest BCUT2D eigenvalue weighted by atomic mass is 16.5. The fourth-order valence-corrected chi connectivity index (χ4v) is 3.76. The van der Waals surface area contributed by atoms with Gasteiger partial charge >= 0.3 is 0 Å². The van der Waals surface area contributed by atoms with Gasteiger partial charge in [-0.2, -0.15) is 4.98 Å². The summed E-state index contributed by atoms with van der Waals surface area (Å²) in [5, 5.41) is 0.732. The minimum Gasteiger partial charge on any atom is -0.493 e. The van der Waals surface area contributed by atoms with Crippen LogP contribution in [0.5, 0.6) is 23.0 Å². The van der Waals surface area contributed by atoms with Crippen LogP contribution >= 0.6 is 0 Å². The standard InChI is InChI=1S/C21H24N4O4/c1-26-16-6-5-12-11-25(8-7-13(12)19(16)29-4)21-23-15-10-18(28-3)17(27-2)9-14(15)20(22)24-21/h5-6,9-10H,7-8,11H2,1-4H3,(H2,22,23,24). The molecule has 0 unspecified atom stereocenters. The van der Waals surface area contributed by atoms with E-state index >= 15 is 0 Å². The summed E-state index contributed by atoms with van der Waals surface area (Å²) in [6.07, 6.45) is 0.795. The molecular weight excluding hydrogens is 372 g/mol. The molecule has 152 valence electrons. The fraction of sp³-hybridized carbons (Fsp3) is 0.333. The van der Waals surface area contributed by atoms with Crippen LogP contribution in [0.1, 0.15) is 11.1 Å². The van der Waals surface area contributed by atoms with Crippen LogP contribution in [0.3, 0.4) is 0 Å². The number of rotatable bonds is 5. The van der Waals surface area contributed by atoms with Crippen molar-refractivity contribution in [2.24, 2.45) is 0 Å². The number of nitrogens with two attached hydrogens (primary N) is 1. The van der Waals surface area contributed by atoms with Crippen molar-refractivity contribution >= 4 is 22.7 Å². The van der Waals surface area contributed by atoms with E-state index in [-0.39, 0.29) is 0 Å². The fourth-order valence-electron chi connectivity index (χ4n) is 3.76. The molecule has 4 rings (SSSR count). The van der Waals surface area contributed by atoms with Gasteiger partial charge in [-0.15, -0.1) is 0 Å². The predicted octanol–water partition coefficient (Wildman–Crippen LogP) is 2.81. The normalized spacial score (nSPS) is 13.2. The van der Waals surface area contributed by atoms with Gasteiger partial charge in [0.05, 0.1) is 34.0 Å². The summed E-state index contributed by atoms with van der Waals surface area (Å²) in [6.45, 7) is 1.41. The summed E-state index contributed by atoms with van der Waals surface area (Å²) in [6, 6.07) is 7.60. The number of nitrogen functional groups attached to an aromatic ring is 1. The predicted molar refractivity (Wildman–Crippen MR) is 111 cm³/mol. The number of hydrogen-bond acceptors (Lipinski definition) is 8. The van der Waals surface area contributed by atoms with Crippen molar-refractivity contribution in [3.05, 3.63) is 35.4 Å². The number of fused-ring (bicyclic) bond motifs is 2. The van der Waals surface area contributed by atoms with Crippen LogP contribution < -0.4 is 29.6 Å². The van der Waals surface area contributed by atoms with Crippen LogP contribution in [-0.2, 0) is 13.0 Å². The van der Waals surface area contributed by atoms with E-state index < -0.39 is 0 Å². The molecule has 1 aliphatic heterocycles. The quantitative estimate of drug-likeness (QED) is 0.704. The number of aromatic nitrogens is 2. The molecule has 0 saturated heterocycles. The lowest BCUT2D eigenvalue weighted by Gasteiger charge is -2.30. The Morgan fingerprint density at radius 3 is 2.31 bits per heavy atom. The molecule has 0 saturated carbocycles. The Labute approximate surface area is 169 Å². The van der Waals surface area contributed by atoms with Crippen molar-refractivity contribution in [2.75, 3.05) is 45.6 Å². The van der Waals surface area contributed by atoms with E-state index in [1.165, 1.54) is 0 Å². The van der Waals surface area contributed by atoms with Crippen LogP contribution in [0.25, 0.3) is 10.9 Å². The van der Waals surface area contributed by atoms with Crippen molar-refractivity contribution in [3.63, 3.8) is 0 Å². The maximum absolute atomic E-state index is 6.25. The van der Waals surface area contributed by atoms with E-state index in [9.17, 15) is 0 Å². The van der Waals surface area contributed by atoms with Crippen LogP contribution in [0.15, 0.2) is 24.3 Å². The Balaban J connectivity index is 1.73. The lowest BCUT2D eigenvalue weighted by atomic mass is 9.98. The molecule has 2 aromatic carbocycles. The molecule has 0 bridgehead atoms. The highest BCUT2D eigenvalue weighted by Crippen LogP contribution is 2.38. The van der Waals surface area contributed by atoms with Gasteiger partial charge in [-0.1, -0.05) is 6.07 Å². The minimum absolute atomic E-state index is 0.407. The zero-order valence-corrected chi connectivity index (χ0v) is 17.0. The summed E-state index contributed by atoms with van der Waals surface area (Å²) in [4.78, 5) is 11.4. The molecule has 1 aromatic heterocycles. The Kier molecular flexibility index (Phi) is 4.92. The molecule has 0 fully saturated rings. The van der Waals surface area contributed by atoms with Gasteiger partial charge in [-0.05, 0) is 24.1 Å². The van der Waals surface area contributed by atoms with Gasteiger partial charge in [-0.3, -0.25) is 0 Å². The zero-order chi connectivity index (χ0) is 20.5. The maximum Gasteiger partial charge on any atom is 0.228 e. The van der Waals surface area contributed by atoms with Crippen molar-refractivity contribution < 1.29 is 18.9 Å². The van der Waals surface area contributed by atoms with Crippen LogP contribution in [0, 0.1) is 0 Å². The summed E-state index contributed by atoms with van der Waals surface area (Å²) in [5.74, 6) is 3.72. The van der Waals surface area contributed by atoms with Crippen LogP contribution in [-0.4, -0.2) is 45.0 Å². The summed E-state index contributed by atoms with van der Waals surface area (Å²) >= 11 is 0. The van der Waals surface area contributed by atoms with Crippen molar-refractivity contribution in [1.82, 2.24) is 9.97 Å². The molecule has 0 radical (unpaired) electrons. The van der Waals surface area contributed by atoms with E-state index in [4.69, 9.17) is 29.7 Å². The highest BCUT2D eigenvalue weighted by molar-refractivity contribution is 5.91. The van der Waals surface area contributed by atoms with E-state index in [1.807, 2.05) is 12.1 Å². The van der Waals surface area contributed by atoms with Gasteiger partial charge in [0, 0.05) is 30.1 Å². The first-order valence-corrected chi connectivity index (χ1v) is 9.26. The first-order chi connectivity index (χ1) is 14.1. The monoisotopic (exact) mass is 396 g/mol. The summed E-state index contributed by atoms with van der Waals surface area (Å²) in [5.41, 5.74) is 9.27. The van der Waals surface area contributed by atoms with Gasteiger partial charge < -0.3 is 29.6 Å². The second kappa shape index (κ2) is 7.54. The number of benzene rings is 2. The Morgan fingerprint density at radius 2 is 1.62 bits per heavy atom. The molecule has 29 heavy (non-hydrogen) atoms. The maximum atomic E-state index is 6.25.